The molecule has 2 aromatic rings. The lowest BCUT2D eigenvalue weighted by atomic mass is 9.84. The smallest absolute Gasteiger partial charge is 0.410 e. The molecule has 0 bridgehead atoms. The monoisotopic (exact) mass is 551 g/mol. The van der Waals surface area contributed by atoms with E-state index in [1.807, 2.05) is 35.6 Å². The Morgan fingerprint density at radius 2 is 1.82 bits per heavy atom. The summed E-state index contributed by atoms with van der Waals surface area (Å²) in [7, 11) is 0. The van der Waals surface area contributed by atoms with Crippen LogP contribution in [0.1, 0.15) is 36.8 Å². The Bertz CT molecular complexity index is 1160. The molecule has 1 aliphatic carbocycles. The van der Waals surface area contributed by atoms with E-state index in [1.54, 1.807) is 0 Å². The van der Waals surface area contributed by atoms with Gasteiger partial charge in [0.25, 0.3) is 5.91 Å². The summed E-state index contributed by atoms with van der Waals surface area (Å²) in [5, 5.41) is 7.10. The van der Waals surface area contributed by atoms with Gasteiger partial charge in [0.15, 0.2) is 6.10 Å². The maximum absolute atomic E-state index is 13.7. The summed E-state index contributed by atoms with van der Waals surface area (Å²) in [4.78, 5) is 42.8. The van der Waals surface area contributed by atoms with Crippen molar-refractivity contribution in [3.8, 4) is 0 Å². The van der Waals surface area contributed by atoms with Crippen LogP contribution in [0.2, 0.25) is 0 Å². The molecular weight excluding hydrogens is 522 g/mol. The van der Waals surface area contributed by atoms with Gasteiger partial charge in [-0.1, -0.05) is 30.3 Å². The quantitative estimate of drug-likeness (QED) is 0.424. The normalized spacial score (nSPS) is 22.1. The molecule has 4 amide bonds. The molecule has 1 aromatic heterocycles. The number of halogens is 4. The standard InChI is InChI=1S/C26H29F4N5O4/c27-19-8-6-18(7-9-19)22(39-25(38)32-13-16-4-2-1-3-5-16)23(36)34-21-12-17(10-11-31-21)14-35-15-20(26(28,29)30)33-24(35)37/h1-5,10-12,18-20,22H,6-9,13-15H2,(H,32,38)(H,33,37)(H,31,34,36)/t18?,19?,20-,22-/m0/s1. The van der Waals surface area contributed by atoms with Crippen LogP contribution in [0.15, 0.2) is 48.7 Å². The molecule has 3 N–H and O–H groups in total. The number of ether oxygens (including phenoxy) is 1. The minimum Gasteiger partial charge on any atom is -0.436 e. The Labute approximate surface area is 222 Å². The first-order valence-electron chi connectivity index (χ1n) is 12.6. The number of rotatable bonds is 8. The van der Waals surface area contributed by atoms with Crippen LogP contribution in [-0.4, -0.2) is 59.0 Å². The first-order chi connectivity index (χ1) is 18.6. The predicted molar refractivity (Wildman–Crippen MR) is 132 cm³/mol. The highest BCUT2D eigenvalue weighted by Gasteiger charge is 2.46. The molecule has 9 nitrogen and oxygen atoms in total. The number of nitrogens with one attached hydrogen (secondary N) is 3. The molecule has 4 rings (SSSR count). The molecule has 0 unspecified atom stereocenters. The third kappa shape index (κ3) is 7.80. The largest absolute Gasteiger partial charge is 0.436 e. The van der Waals surface area contributed by atoms with E-state index < -0.39 is 55.0 Å². The number of hydrogen-bond donors (Lipinski definition) is 3. The molecule has 2 atom stereocenters. The Balaban J connectivity index is 1.40. The summed E-state index contributed by atoms with van der Waals surface area (Å²) >= 11 is 0. The van der Waals surface area contributed by atoms with Crippen molar-refractivity contribution in [2.24, 2.45) is 5.92 Å². The number of hydrogen-bond acceptors (Lipinski definition) is 5. The number of alkyl halides is 4. The van der Waals surface area contributed by atoms with E-state index in [1.165, 1.54) is 18.3 Å². The van der Waals surface area contributed by atoms with Crippen molar-refractivity contribution in [2.45, 2.75) is 63.3 Å². The van der Waals surface area contributed by atoms with Gasteiger partial charge in [-0.3, -0.25) is 4.79 Å². The van der Waals surface area contributed by atoms with Gasteiger partial charge in [0.05, 0.1) is 6.54 Å². The van der Waals surface area contributed by atoms with Crippen molar-refractivity contribution in [3.05, 3.63) is 59.8 Å². The van der Waals surface area contributed by atoms with Crippen molar-refractivity contribution < 1.29 is 36.7 Å². The third-order valence-electron chi connectivity index (χ3n) is 6.73. The fourth-order valence-corrected chi connectivity index (χ4v) is 4.64. The zero-order valence-electron chi connectivity index (χ0n) is 20.9. The van der Waals surface area contributed by atoms with Crippen LogP contribution in [0, 0.1) is 5.92 Å². The first kappa shape index (κ1) is 28.1. The molecule has 39 heavy (non-hydrogen) atoms. The second kappa shape index (κ2) is 12.3. The van der Waals surface area contributed by atoms with E-state index in [0.717, 1.165) is 10.5 Å². The van der Waals surface area contributed by atoms with Gasteiger partial charge in [-0.2, -0.15) is 13.2 Å². The molecule has 1 aliphatic heterocycles. The van der Waals surface area contributed by atoms with E-state index in [-0.39, 0.29) is 31.7 Å². The molecule has 2 fully saturated rings. The zero-order chi connectivity index (χ0) is 28.0. The minimum absolute atomic E-state index is 0.0712. The summed E-state index contributed by atoms with van der Waals surface area (Å²) in [5.41, 5.74) is 1.27. The summed E-state index contributed by atoms with van der Waals surface area (Å²) < 4.78 is 58.1. The maximum Gasteiger partial charge on any atom is 0.410 e. The summed E-state index contributed by atoms with van der Waals surface area (Å²) in [6.07, 6.45) is -5.02. The van der Waals surface area contributed by atoms with Crippen molar-refractivity contribution in [2.75, 3.05) is 11.9 Å². The van der Waals surface area contributed by atoms with Crippen LogP contribution in [0.25, 0.3) is 0 Å². The van der Waals surface area contributed by atoms with Gasteiger partial charge in [0, 0.05) is 25.2 Å². The van der Waals surface area contributed by atoms with Crippen LogP contribution >= 0.6 is 0 Å². The van der Waals surface area contributed by atoms with Crippen molar-refractivity contribution in [1.29, 1.82) is 0 Å². The Hall–Kier alpha value is -3.90. The second-order valence-electron chi connectivity index (χ2n) is 9.64. The number of aromatic nitrogens is 1. The average Bonchev–Trinajstić information content (AvgIpc) is 3.28. The van der Waals surface area contributed by atoms with Gasteiger partial charge in [-0.05, 0) is 48.9 Å². The molecule has 2 aliphatic rings. The number of carbonyl (C=O) groups excluding carboxylic acids is 3. The Morgan fingerprint density at radius 3 is 2.49 bits per heavy atom. The average molecular weight is 552 g/mol. The predicted octanol–water partition coefficient (Wildman–Crippen LogP) is 4.30. The Kier molecular flexibility index (Phi) is 8.87. The highest BCUT2D eigenvalue weighted by atomic mass is 19.4. The first-order valence-corrected chi connectivity index (χ1v) is 12.6. The summed E-state index contributed by atoms with van der Waals surface area (Å²) in [5.74, 6) is -0.995. The molecule has 210 valence electrons. The summed E-state index contributed by atoms with van der Waals surface area (Å²) in [6, 6.07) is 9.25. The molecular formula is C26H29F4N5O4. The number of nitrogens with zero attached hydrogens (tertiary/aromatic N) is 2. The summed E-state index contributed by atoms with van der Waals surface area (Å²) in [6.45, 7) is -0.488. The molecule has 13 heteroatoms. The lowest BCUT2D eigenvalue weighted by Crippen LogP contribution is -2.42. The number of anilines is 1. The zero-order valence-corrected chi connectivity index (χ0v) is 20.9. The van der Waals surface area contributed by atoms with Gasteiger partial charge in [0.2, 0.25) is 0 Å². The number of urea groups is 1. The number of pyridine rings is 1. The molecule has 1 aromatic carbocycles. The third-order valence-corrected chi connectivity index (χ3v) is 6.73. The number of benzene rings is 1. The number of carbonyl (C=O) groups is 3. The van der Waals surface area contributed by atoms with Gasteiger partial charge in [-0.25, -0.2) is 19.0 Å². The lowest BCUT2D eigenvalue weighted by molar-refractivity contribution is -0.149. The van der Waals surface area contributed by atoms with Gasteiger partial charge >= 0.3 is 18.3 Å². The van der Waals surface area contributed by atoms with Crippen molar-refractivity contribution in [1.82, 2.24) is 20.5 Å². The molecule has 0 radical (unpaired) electrons. The van der Waals surface area contributed by atoms with Crippen LogP contribution in [0.4, 0.5) is 33.0 Å². The van der Waals surface area contributed by atoms with Gasteiger partial charge in [-0.15, -0.1) is 0 Å². The van der Waals surface area contributed by atoms with Crippen molar-refractivity contribution in [3.63, 3.8) is 0 Å². The second-order valence-corrected chi connectivity index (χ2v) is 9.64. The van der Waals surface area contributed by atoms with Crippen LogP contribution < -0.4 is 16.0 Å². The Morgan fingerprint density at radius 1 is 1.10 bits per heavy atom. The molecule has 1 saturated heterocycles. The highest BCUT2D eigenvalue weighted by molar-refractivity contribution is 5.94. The number of alkyl carbamates (subject to hydrolysis) is 1. The molecule has 0 spiro atoms. The van der Waals surface area contributed by atoms with E-state index >= 15 is 0 Å². The molecule has 1 saturated carbocycles. The van der Waals surface area contributed by atoms with E-state index in [9.17, 15) is 31.9 Å². The topological polar surface area (TPSA) is 113 Å². The van der Waals surface area contributed by atoms with Gasteiger partial charge in [0.1, 0.15) is 18.0 Å². The lowest BCUT2D eigenvalue weighted by Gasteiger charge is -2.30. The van der Waals surface area contributed by atoms with Gasteiger partial charge < -0.3 is 25.6 Å². The van der Waals surface area contributed by atoms with E-state index in [0.29, 0.717) is 18.4 Å². The van der Waals surface area contributed by atoms with Crippen LogP contribution in [-0.2, 0) is 22.6 Å². The molecule has 2 heterocycles. The highest BCUT2D eigenvalue weighted by Crippen LogP contribution is 2.31. The van der Waals surface area contributed by atoms with Crippen LogP contribution in [0.3, 0.4) is 0 Å². The van der Waals surface area contributed by atoms with Crippen molar-refractivity contribution >= 4 is 23.8 Å². The van der Waals surface area contributed by atoms with Crippen LogP contribution in [0.5, 0.6) is 0 Å². The fraction of sp³-hybridized carbons (Fsp3) is 0.462. The number of amides is 4. The minimum atomic E-state index is -4.56. The SMILES string of the molecule is O=C(NCc1ccccc1)O[C@H](C(=O)Nc1cc(CN2C[C@@H](C(F)(F)F)NC2=O)ccn1)C1CCC(F)CC1. The van der Waals surface area contributed by atoms with E-state index in [4.69, 9.17) is 4.74 Å². The fourth-order valence-electron chi connectivity index (χ4n) is 4.64. The van der Waals surface area contributed by atoms with E-state index in [2.05, 4.69) is 15.6 Å². The maximum atomic E-state index is 13.7.